The van der Waals surface area contributed by atoms with Gasteiger partial charge < -0.3 is 14.8 Å². The zero-order valence-electron chi connectivity index (χ0n) is 11.5. The summed E-state index contributed by atoms with van der Waals surface area (Å²) in [5.41, 5.74) is 0.776. The molecule has 0 spiro atoms. The molecular formula is C14H20ClNO3. The van der Waals surface area contributed by atoms with E-state index in [0.29, 0.717) is 17.4 Å². The third-order valence-corrected chi connectivity index (χ3v) is 2.93. The van der Waals surface area contributed by atoms with Crippen molar-refractivity contribution < 1.29 is 14.3 Å². The molecule has 1 rings (SSSR count). The van der Waals surface area contributed by atoms with Gasteiger partial charge in [0.15, 0.2) is 0 Å². The highest BCUT2D eigenvalue weighted by atomic mass is 35.5. The van der Waals surface area contributed by atoms with Crippen molar-refractivity contribution in [3.05, 3.63) is 28.8 Å². The second kappa shape index (κ2) is 8.02. The average molecular weight is 286 g/mol. The second-order valence-corrected chi connectivity index (χ2v) is 4.44. The summed E-state index contributed by atoms with van der Waals surface area (Å²) in [7, 11) is 1.55. The first-order valence-electron chi connectivity index (χ1n) is 6.37. The molecular weight excluding hydrogens is 266 g/mol. The molecule has 1 aromatic rings. The number of halogens is 1. The van der Waals surface area contributed by atoms with E-state index in [1.807, 2.05) is 13.0 Å². The van der Waals surface area contributed by atoms with E-state index in [-0.39, 0.29) is 5.97 Å². The van der Waals surface area contributed by atoms with Gasteiger partial charge in [-0.3, -0.25) is 0 Å². The molecule has 0 heterocycles. The van der Waals surface area contributed by atoms with Crippen LogP contribution in [-0.2, 0) is 9.53 Å². The fraction of sp³-hybridized carbons (Fsp3) is 0.500. The first-order valence-corrected chi connectivity index (χ1v) is 6.75. The van der Waals surface area contributed by atoms with Crippen LogP contribution in [0.25, 0.3) is 0 Å². The fourth-order valence-electron chi connectivity index (χ4n) is 1.71. The smallest absolute Gasteiger partial charge is 0.327 e. The molecule has 0 aromatic heterocycles. The van der Waals surface area contributed by atoms with E-state index in [1.165, 1.54) is 0 Å². The van der Waals surface area contributed by atoms with Gasteiger partial charge in [-0.25, -0.2) is 4.79 Å². The van der Waals surface area contributed by atoms with Gasteiger partial charge in [0.05, 0.1) is 18.7 Å². The molecule has 0 fully saturated rings. The lowest BCUT2D eigenvalue weighted by Gasteiger charge is -2.18. The lowest BCUT2D eigenvalue weighted by Crippen LogP contribution is -2.30. The minimum atomic E-state index is -0.497. The Balaban J connectivity index is 2.96. The molecule has 0 aliphatic carbocycles. The summed E-state index contributed by atoms with van der Waals surface area (Å²) in [6.07, 6.45) is 0.930. The van der Waals surface area contributed by atoms with E-state index in [4.69, 9.17) is 21.1 Å². The minimum absolute atomic E-state index is 0.294. The Kier molecular flexibility index (Phi) is 6.67. The Morgan fingerprint density at radius 2 is 2.16 bits per heavy atom. The SMILES string of the molecule is CCCNC(C(=O)OCC)c1ccc(OC)c(Cl)c1. The number of methoxy groups -OCH3 is 1. The predicted octanol–water partition coefficient (Wildman–Crippen LogP) is 2.95. The van der Waals surface area contributed by atoms with E-state index in [9.17, 15) is 4.79 Å². The van der Waals surface area contributed by atoms with E-state index in [0.717, 1.165) is 18.5 Å². The molecule has 19 heavy (non-hydrogen) atoms. The fourth-order valence-corrected chi connectivity index (χ4v) is 1.98. The topological polar surface area (TPSA) is 47.6 Å². The molecule has 1 unspecified atom stereocenters. The number of rotatable bonds is 7. The highest BCUT2D eigenvalue weighted by Gasteiger charge is 2.21. The molecule has 1 aromatic carbocycles. The Labute approximate surface area is 119 Å². The van der Waals surface area contributed by atoms with Gasteiger partial charge in [-0.1, -0.05) is 24.6 Å². The number of benzene rings is 1. The average Bonchev–Trinajstić information content (AvgIpc) is 2.39. The summed E-state index contributed by atoms with van der Waals surface area (Å²) in [5.74, 6) is 0.292. The first-order chi connectivity index (χ1) is 9.13. The van der Waals surface area contributed by atoms with Crippen molar-refractivity contribution in [3.63, 3.8) is 0 Å². The van der Waals surface area contributed by atoms with Crippen LogP contribution in [0, 0.1) is 0 Å². The molecule has 5 heteroatoms. The van der Waals surface area contributed by atoms with Crippen molar-refractivity contribution in [3.8, 4) is 5.75 Å². The van der Waals surface area contributed by atoms with Crippen LogP contribution < -0.4 is 10.1 Å². The predicted molar refractivity (Wildman–Crippen MR) is 75.7 cm³/mol. The van der Waals surface area contributed by atoms with Gasteiger partial charge in [-0.15, -0.1) is 0 Å². The van der Waals surface area contributed by atoms with Crippen LogP contribution in [0.4, 0.5) is 0 Å². The largest absolute Gasteiger partial charge is 0.495 e. The number of esters is 1. The van der Waals surface area contributed by atoms with Gasteiger partial charge in [0.2, 0.25) is 0 Å². The van der Waals surface area contributed by atoms with E-state index >= 15 is 0 Å². The van der Waals surface area contributed by atoms with Crippen molar-refractivity contribution in [1.29, 1.82) is 0 Å². The van der Waals surface area contributed by atoms with E-state index in [2.05, 4.69) is 5.32 Å². The summed E-state index contributed by atoms with van der Waals surface area (Å²) < 4.78 is 10.2. The van der Waals surface area contributed by atoms with Crippen LogP contribution in [0.5, 0.6) is 5.75 Å². The van der Waals surface area contributed by atoms with Crippen LogP contribution in [0.15, 0.2) is 18.2 Å². The number of nitrogens with one attached hydrogen (secondary N) is 1. The van der Waals surface area contributed by atoms with Crippen LogP contribution in [0.1, 0.15) is 31.9 Å². The Hall–Kier alpha value is -1.26. The highest BCUT2D eigenvalue weighted by molar-refractivity contribution is 6.32. The molecule has 0 saturated carbocycles. The Bertz CT molecular complexity index is 423. The number of carbonyl (C=O) groups excluding carboxylic acids is 1. The van der Waals surface area contributed by atoms with Crippen molar-refractivity contribution in [2.24, 2.45) is 0 Å². The van der Waals surface area contributed by atoms with Crippen LogP contribution in [0.3, 0.4) is 0 Å². The molecule has 0 amide bonds. The van der Waals surface area contributed by atoms with Crippen molar-refractivity contribution in [1.82, 2.24) is 5.32 Å². The highest BCUT2D eigenvalue weighted by Crippen LogP contribution is 2.28. The maximum atomic E-state index is 12.0. The normalized spacial score (nSPS) is 12.0. The van der Waals surface area contributed by atoms with Crippen LogP contribution >= 0.6 is 11.6 Å². The Morgan fingerprint density at radius 3 is 2.68 bits per heavy atom. The van der Waals surface area contributed by atoms with Crippen molar-refractivity contribution in [2.45, 2.75) is 26.3 Å². The lowest BCUT2D eigenvalue weighted by atomic mass is 10.1. The zero-order valence-corrected chi connectivity index (χ0v) is 12.3. The summed E-state index contributed by atoms with van der Waals surface area (Å²) in [4.78, 5) is 12.0. The van der Waals surface area contributed by atoms with Crippen LogP contribution in [-0.4, -0.2) is 26.2 Å². The van der Waals surface area contributed by atoms with Crippen LogP contribution in [0.2, 0.25) is 5.02 Å². The monoisotopic (exact) mass is 285 g/mol. The lowest BCUT2D eigenvalue weighted by molar-refractivity contribution is -0.145. The van der Waals surface area contributed by atoms with Gasteiger partial charge in [-0.2, -0.15) is 0 Å². The molecule has 106 valence electrons. The third-order valence-electron chi connectivity index (χ3n) is 2.63. The van der Waals surface area contributed by atoms with Gasteiger partial charge in [-0.05, 0) is 37.6 Å². The van der Waals surface area contributed by atoms with E-state index < -0.39 is 6.04 Å². The number of hydrogen-bond acceptors (Lipinski definition) is 4. The first kappa shape index (κ1) is 15.8. The molecule has 0 saturated heterocycles. The van der Waals surface area contributed by atoms with Crippen molar-refractivity contribution >= 4 is 17.6 Å². The molecule has 1 atom stereocenters. The van der Waals surface area contributed by atoms with Crippen molar-refractivity contribution in [2.75, 3.05) is 20.3 Å². The quantitative estimate of drug-likeness (QED) is 0.783. The summed E-state index contributed by atoms with van der Waals surface area (Å²) in [6, 6.07) is 4.79. The zero-order chi connectivity index (χ0) is 14.3. The molecule has 0 aliphatic heterocycles. The molecule has 1 N–H and O–H groups in total. The van der Waals surface area contributed by atoms with Gasteiger partial charge >= 0.3 is 5.97 Å². The maximum absolute atomic E-state index is 12.0. The molecule has 4 nitrogen and oxygen atoms in total. The second-order valence-electron chi connectivity index (χ2n) is 4.03. The number of ether oxygens (including phenoxy) is 2. The van der Waals surface area contributed by atoms with Gasteiger partial charge in [0.1, 0.15) is 11.8 Å². The number of hydrogen-bond donors (Lipinski definition) is 1. The third kappa shape index (κ3) is 4.40. The van der Waals surface area contributed by atoms with Gasteiger partial charge in [0, 0.05) is 0 Å². The molecule has 0 aliphatic rings. The summed E-state index contributed by atoms with van der Waals surface area (Å²) in [6.45, 7) is 4.91. The molecule has 0 radical (unpaired) electrons. The molecule has 0 bridgehead atoms. The van der Waals surface area contributed by atoms with E-state index in [1.54, 1.807) is 26.2 Å². The standard InChI is InChI=1S/C14H20ClNO3/c1-4-8-16-13(14(17)19-5-2)10-6-7-12(18-3)11(15)9-10/h6-7,9,13,16H,4-5,8H2,1-3H3. The summed E-state index contributed by atoms with van der Waals surface area (Å²) >= 11 is 6.08. The minimum Gasteiger partial charge on any atom is -0.495 e. The Morgan fingerprint density at radius 1 is 1.42 bits per heavy atom. The maximum Gasteiger partial charge on any atom is 0.327 e. The van der Waals surface area contributed by atoms with Gasteiger partial charge in [0.25, 0.3) is 0 Å². The number of carbonyl (C=O) groups is 1. The summed E-state index contributed by atoms with van der Waals surface area (Å²) in [5, 5.41) is 3.64.